The number of nitroso groups, excluding NO2 is 1. The van der Waals surface area contributed by atoms with Gasteiger partial charge in [-0.25, -0.2) is 4.79 Å². The van der Waals surface area contributed by atoms with Crippen LogP contribution >= 0.6 is 0 Å². The highest BCUT2D eigenvalue weighted by Crippen LogP contribution is 2.05. The Hall–Kier alpha value is -1.09. The molecular weight excluding hydrogens is 186 g/mol. The van der Waals surface area contributed by atoms with E-state index in [0.717, 1.165) is 0 Å². The Morgan fingerprint density at radius 1 is 1.08 bits per heavy atom. The van der Waals surface area contributed by atoms with Crippen LogP contribution in [0.15, 0.2) is 5.18 Å². The predicted octanol–water partition coefficient (Wildman–Crippen LogP) is -2.76. The summed E-state index contributed by atoms with van der Waals surface area (Å²) in [4.78, 5) is 19.7. The van der Waals surface area contributed by atoms with Crippen LogP contribution in [0.4, 0.5) is 0 Å². The predicted molar refractivity (Wildman–Crippen MR) is 37.5 cm³/mol. The zero-order valence-electron chi connectivity index (χ0n) is 6.31. The van der Waals surface area contributed by atoms with Crippen molar-refractivity contribution in [1.29, 1.82) is 0 Å². The zero-order chi connectivity index (χ0) is 10.6. The van der Waals surface area contributed by atoms with Crippen molar-refractivity contribution in [2.75, 3.05) is 0 Å². The summed E-state index contributed by atoms with van der Waals surface area (Å²) in [6.07, 6.45) is -8.77. The molecule has 8 heteroatoms. The van der Waals surface area contributed by atoms with Gasteiger partial charge in [0.1, 0.15) is 12.2 Å². The molecule has 76 valence electrons. The minimum atomic E-state index is -2.29. The van der Waals surface area contributed by atoms with E-state index in [1.807, 2.05) is 5.18 Å². The van der Waals surface area contributed by atoms with E-state index in [2.05, 4.69) is 0 Å². The number of hydrogen-bond acceptors (Lipinski definition) is 7. The van der Waals surface area contributed by atoms with Crippen molar-refractivity contribution in [3.05, 3.63) is 4.91 Å². The van der Waals surface area contributed by atoms with Gasteiger partial charge in [-0.1, -0.05) is 0 Å². The Morgan fingerprint density at radius 3 is 1.85 bits per heavy atom. The van der Waals surface area contributed by atoms with Gasteiger partial charge in [0.2, 0.25) is 6.23 Å². The molecule has 0 fully saturated rings. The number of nitrogens with zero attached hydrogens (tertiary/aromatic N) is 1. The van der Waals surface area contributed by atoms with Gasteiger partial charge < -0.3 is 25.5 Å². The number of carbonyl (C=O) groups is 1. The molecule has 0 heterocycles. The third-order valence-corrected chi connectivity index (χ3v) is 1.34. The van der Waals surface area contributed by atoms with Gasteiger partial charge in [0.25, 0.3) is 0 Å². The number of carboxylic acids is 1. The molecule has 0 bridgehead atoms. The summed E-state index contributed by atoms with van der Waals surface area (Å²) in [5.41, 5.74) is 0. The molecule has 0 aromatic carbocycles. The van der Waals surface area contributed by atoms with Gasteiger partial charge in [-0.05, 0) is 5.18 Å². The molecule has 0 aromatic rings. The number of hydrogen-bond donors (Lipinski definition) is 5. The Kier molecular flexibility index (Phi) is 4.42. The van der Waals surface area contributed by atoms with E-state index >= 15 is 0 Å². The highest BCUT2D eigenvalue weighted by Gasteiger charge is 2.34. The first kappa shape index (κ1) is 11.9. The Labute approximate surface area is 72.0 Å². The van der Waals surface area contributed by atoms with Crippen LogP contribution in [0.5, 0.6) is 0 Å². The van der Waals surface area contributed by atoms with Gasteiger partial charge in [-0.3, -0.25) is 0 Å². The number of rotatable bonds is 5. The van der Waals surface area contributed by atoms with E-state index in [4.69, 9.17) is 25.5 Å². The van der Waals surface area contributed by atoms with Gasteiger partial charge in [0.15, 0.2) is 6.10 Å². The van der Waals surface area contributed by atoms with Gasteiger partial charge in [-0.15, -0.1) is 4.91 Å². The number of carboxylic acid groups (broad SMARTS) is 1. The zero-order valence-corrected chi connectivity index (χ0v) is 6.31. The van der Waals surface area contributed by atoms with Crippen molar-refractivity contribution < 1.29 is 30.3 Å². The number of aliphatic carboxylic acids is 1. The van der Waals surface area contributed by atoms with Crippen molar-refractivity contribution >= 4 is 5.97 Å². The molecule has 13 heavy (non-hydrogen) atoms. The lowest BCUT2D eigenvalue weighted by molar-refractivity contribution is -0.162. The second-order valence-corrected chi connectivity index (χ2v) is 2.28. The van der Waals surface area contributed by atoms with Crippen molar-refractivity contribution in [1.82, 2.24) is 0 Å². The van der Waals surface area contributed by atoms with Crippen LogP contribution in [-0.4, -0.2) is 56.0 Å². The largest absolute Gasteiger partial charge is 0.479 e. The van der Waals surface area contributed by atoms with Gasteiger partial charge in [0, 0.05) is 0 Å². The van der Waals surface area contributed by atoms with Crippen LogP contribution in [0.25, 0.3) is 0 Å². The van der Waals surface area contributed by atoms with Gasteiger partial charge in [0.05, 0.1) is 0 Å². The van der Waals surface area contributed by atoms with Crippen molar-refractivity contribution in [3.63, 3.8) is 0 Å². The lowest BCUT2D eigenvalue weighted by Gasteiger charge is -2.20. The smallest absolute Gasteiger partial charge is 0.335 e. The first-order valence-corrected chi connectivity index (χ1v) is 3.19. The van der Waals surface area contributed by atoms with Crippen LogP contribution in [-0.2, 0) is 4.79 Å². The fourth-order valence-corrected chi connectivity index (χ4v) is 0.572. The first-order valence-electron chi connectivity index (χ1n) is 3.19. The molecule has 0 saturated heterocycles. The molecule has 4 atom stereocenters. The highest BCUT2D eigenvalue weighted by molar-refractivity contribution is 5.72. The molecule has 0 amide bonds. The van der Waals surface area contributed by atoms with E-state index in [0.29, 0.717) is 0 Å². The molecule has 0 aliphatic heterocycles. The third kappa shape index (κ3) is 3.03. The Bertz CT molecular complexity index is 195. The molecule has 0 spiro atoms. The fraction of sp³-hybridized carbons (Fsp3) is 0.800. The van der Waals surface area contributed by atoms with Gasteiger partial charge in [-0.2, -0.15) is 0 Å². The molecular formula is C5H9NO7. The molecule has 5 N–H and O–H groups in total. The number of aliphatic hydroxyl groups excluding tert-OH is 4. The summed E-state index contributed by atoms with van der Waals surface area (Å²) in [5, 5.41) is 44.9. The molecule has 0 saturated carbocycles. The average Bonchev–Trinajstić information content (AvgIpc) is 2.12. The Morgan fingerprint density at radius 2 is 1.54 bits per heavy atom. The van der Waals surface area contributed by atoms with E-state index < -0.39 is 30.5 Å². The Balaban J connectivity index is 4.32. The van der Waals surface area contributed by atoms with Crippen molar-refractivity contribution in [3.8, 4) is 0 Å². The standard InChI is InChI=1S/C5H9NO7/c7-1(3(9)5(11)12)2(8)4(10)6-13/h1-4,7-10H,(H,11,12)/t1-,2-,3+,4+/m0/s1. The lowest BCUT2D eigenvalue weighted by Crippen LogP contribution is -2.46. The van der Waals surface area contributed by atoms with Gasteiger partial charge >= 0.3 is 5.97 Å². The minimum absolute atomic E-state index is 1.79. The molecule has 0 aliphatic rings. The van der Waals surface area contributed by atoms with Crippen molar-refractivity contribution in [2.45, 2.75) is 24.5 Å². The molecule has 0 aliphatic carbocycles. The third-order valence-electron chi connectivity index (χ3n) is 1.34. The molecule has 0 radical (unpaired) electrons. The quantitative estimate of drug-likeness (QED) is 0.298. The minimum Gasteiger partial charge on any atom is -0.479 e. The maximum absolute atomic E-state index is 10.0. The van der Waals surface area contributed by atoms with Crippen LogP contribution in [0, 0.1) is 4.91 Å². The molecule has 0 rings (SSSR count). The monoisotopic (exact) mass is 195 g/mol. The van der Waals surface area contributed by atoms with Crippen molar-refractivity contribution in [2.24, 2.45) is 5.18 Å². The normalized spacial score (nSPS) is 20.0. The molecule has 0 aromatic heterocycles. The van der Waals surface area contributed by atoms with Crippen LogP contribution in [0.3, 0.4) is 0 Å². The number of aliphatic hydroxyl groups is 4. The van der Waals surface area contributed by atoms with E-state index in [1.165, 1.54) is 0 Å². The second-order valence-electron chi connectivity index (χ2n) is 2.28. The molecule has 0 unspecified atom stereocenters. The maximum atomic E-state index is 10.0. The summed E-state index contributed by atoms with van der Waals surface area (Å²) in [6.45, 7) is 0. The summed E-state index contributed by atoms with van der Waals surface area (Å²) in [5.74, 6) is -1.79. The topological polar surface area (TPSA) is 148 Å². The summed E-state index contributed by atoms with van der Waals surface area (Å²) in [7, 11) is 0. The second kappa shape index (κ2) is 4.82. The maximum Gasteiger partial charge on any atom is 0.335 e. The van der Waals surface area contributed by atoms with E-state index in [-0.39, 0.29) is 0 Å². The first-order chi connectivity index (χ1) is 5.91. The van der Waals surface area contributed by atoms with Crippen LogP contribution in [0.2, 0.25) is 0 Å². The lowest BCUT2D eigenvalue weighted by atomic mass is 10.1. The summed E-state index contributed by atoms with van der Waals surface area (Å²) < 4.78 is 0. The fourth-order valence-electron chi connectivity index (χ4n) is 0.572. The van der Waals surface area contributed by atoms with E-state index in [1.54, 1.807) is 0 Å². The summed E-state index contributed by atoms with van der Waals surface area (Å²) in [6, 6.07) is 0. The SMILES string of the molecule is O=N[C@H](O)[C@@H](O)[C@H](O)[C@@H](O)C(=O)O. The summed E-state index contributed by atoms with van der Waals surface area (Å²) >= 11 is 0. The van der Waals surface area contributed by atoms with Crippen LogP contribution in [0.1, 0.15) is 0 Å². The van der Waals surface area contributed by atoms with E-state index in [9.17, 15) is 9.70 Å². The van der Waals surface area contributed by atoms with Crippen LogP contribution < -0.4 is 0 Å². The highest BCUT2D eigenvalue weighted by atomic mass is 16.4. The molecule has 8 nitrogen and oxygen atoms in total. The average molecular weight is 195 g/mol.